The minimum Gasteiger partial charge on any atom is -0.325 e. The first kappa shape index (κ1) is 32.6. The Morgan fingerprint density at radius 2 is 1.45 bits per heavy atom. The van der Waals surface area contributed by atoms with Gasteiger partial charge in [-0.05, 0) is 48.0 Å². The van der Waals surface area contributed by atoms with Crippen LogP contribution in [0.5, 0.6) is 0 Å². The number of hydrogen-bond acceptors (Lipinski definition) is 7. The molecule has 4 aromatic carbocycles. The van der Waals surface area contributed by atoms with Crippen LogP contribution < -0.4 is 5.32 Å². The number of para-hydroxylation sites is 2. The van der Waals surface area contributed by atoms with Gasteiger partial charge in [0.25, 0.3) is 0 Å². The van der Waals surface area contributed by atoms with E-state index >= 15 is 0 Å². The maximum atomic E-state index is 13.3. The molecule has 0 fully saturated rings. The summed E-state index contributed by atoms with van der Waals surface area (Å²) in [6.07, 6.45) is -10.1. The molecule has 0 aliphatic rings. The summed E-state index contributed by atoms with van der Waals surface area (Å²) in [5.74, 6) is 0.0153. The Hall–Kier alpha value is -4.34. The molecule has 0 aliphatic heterocycles. The lowest BCUT2D eigenvalue weighted by Crippen LogP contribution is -2.17. The van der Waals surface area contributed by atoms with Crippen molar-refractivity contribution in [2.45, 2.75) is 27.6 Å². The van der Waals surface area contributed by atoms with Crippen LogP contribution in [0.4, 0.5) is 32.0 Å². The fourth-order valence-corrected chi connectivity index (χ4v) is 7.30. The van der Waals surface area contributed by atoms with E-state index in [-0.39, 0.29) is 11.8 Å². The predicted molar refractivity (Wildman–Crippen MR) is 172 cm³/mol. The second-order valence-electron chi connectivity index (χ2n) is 10.0. The smallest absolute Gasteiger partial charge is 0.325 e. The van der Waals surface area contributed by atoms with Crippen molar-refractivity contribution >= 4 is 56.7 Å². The predicted octanol–water partition coefficient (Wildman–Crippen LogP) is 9.60. The average molecular weight is 702 g/mol. The highest BCUT2D eigenvalue weighted by Crippen LogP contribution is 2.38. The van der Waals surface area contributed by atoms with Crippen LogP contribution in [0.3, 0.4) is 0 Å². The highest BCUT2D eigenvalue weighted by atomic mass is 32.2. The number of thiazole rings is 1. The zero-order chi connectivity index (χ0) is 33.2. The van der Waals surface area contributed by atoms with Gasteiger partial charge in [0.2, 0.25) is 5.91 Å². The number of benzene rings is 4. The van der Waals surface area contributed by atoms with E-state index in [2.05, 4.69) is 20.5 Å². The SMILES string of the molecule is O=C(CSc1nnc(-c2ccc(CSc3nc4ccccc4s3)cc2)n1-c1ccccc1)Nc1cc(C(F)(F)F)cc(C(F)(F)F)c1. The van der Waals surface area contributed by atoms with Crippen molar-refractivity contribution in [2.75, 3.05) is 11.1 Å². The molecule has 6 aromatic rings. The van der Waals surface area contributed by atoms with Crippen LogP contribution in [-0.2, 0) is 22.9 Å². The van der Waals surface area contributed by atoms with Crippen LogP contribution in [0.15, 0.2) is 107 Å². The van der Waals surface area contributed by atoms with Crippen LogP contribution in [-0.4, -0.2) is 31.4 Å². The van der Waals surface area contributed by atoms with E-state index < -0.39 is 35.1 Å². The van der Waals surface area contributed by atoms with Gasteiger partial charge in [0.15, 0.2) is 15.3 Å². The molecule has 0 atom stereocenters. The molecule has 2 aromatic heterocycles. The van der Waals surface area contributed by atoms with Gasteiger partial charge in [-0.15, -0.1) is 21.5 Å². The first-order chi connectivity index (χ1) is 22.4. The Kier molecular flexibility index (Phi) is 9.30. The maximum Gasteiger partial charge on any atom is 0.416 e. The molecule has 15 heteroatoms. The summed E-state index contributed by atoms with van der Waals surface area (Å²) in [6, 6.07) is 25.8. The van der Waals surface area contributed by atoms with Gasteiger partial charge in [-0.2, -0.15) is 26.3 Å². The summed E-state index contributed by atoms with van der Waals surface area (Å²) in [5.41, 5.74) is -0.195. The van der Waals surface area contributed by atoms with E-state index in [1.807, 2.05) is 78.9 Å². The number of rotatable bonds is 9. The van der Waals surface area contributed by atoms with E-state index in [9.17, 15) is 31.1 Å². The first-order valence-corrected chi connectivity index (χ1v) is 16.5. The summed E-state index contributed by atoms with van der Waals surface area (Å²) < 4.78 is 83.3. The van der Waals surface area contributed by atoms with Crippen LogP contribution in [0.25, 0.3) is 27.3 Å². The highest BCUT2D eigenvalue weighted by Gasteiger charge is 2.37. The standard InChI is InChI=1S/C32H21F6N5OS3/c33-31(34,35)21-14-22(32(36,37)38)16-23(15-21)39-27(44)18-45-29-42-41-28(43(29)24-6-2-1-3-7-24)20-12-10-19(11-13-20)17-46-30-40-25-8-4-5-9-26(25)47-30/h1-16H,17-18H2,(H,39,44). The number of hydrogen-bond donors (Lipinski definition) is 1. The van der Waals surface area contributed by atoms with Crippen LogP contribution >= 0.6 is 34.9 Å². The van der Waals surface area contributed by atoms with Crippen molar-refractivity contribution < 1.29 is 31.1 Å². The number of nitrogens with one attached hydrogen (secondary N) is 1. The Labute approximate surface area is 276 Å². The van der Waals surface area contributed by atoms with Crippen LogP contribution in [0.1, 0.15) is 16.7 Å². The van der Waals surface area contributed by atoms with Crippen molar-refractivity contribution in [3.05, 3.63) is 114 Å². The molecule has 6 rings (SSSR count). The monoisotopic (exact) mass is 701 g/mol. The third-order valence-corrected chi connectivity index (χ3v) is 9.88. The number of nitrogens with zero attached hydrogens (tertiary/aromatic N) is 4. The van der Waals surface area contributed by atoms with Crippen molar-refractivity contribution in [1.82, 2.24) is 19.7 Å². The number of carbonyl (C=O) groups is 1. The zero-order valence-corrected chi connectivity index (χ0v) is 26.3. The molecule has 47 heavy (non-hydrogen) atoms. The third kappa shape index (κ3) is 7.80. The lowest BCUT2D eigenvalue weighted by molar-refractivity contribution is -0.143. The molecule has 240 valence electrons. The van der Waals surface area contributed by atoms with E-state index in [1.54, 1.807) is 27.7 Å². The summed E-state index contributed by atoms with van der Waals surface area (Å²) >= 11 is 4.22. The second-order valence-corrected chi connectivity index (χ2v) is 13.2. The number of aromatic nitrogens is 4. The fourth-order valence-electron chi connectivity index (χ4n) is 4.52. The molecule has 0 aliphatic carbocycles. The van der Waals surface area contributed by atoms with Crippen molar-refractivity contribution in [3.63, 3.8) is 0 Å². The minimum absolute atomic E-state index is 0.00227. The average Bonchev–Trinajstić information content (AvgIpc) is 3.67. The largest absolute Gasteiger partial charge is 0.416 e. The quantitative estimate of drug-likeness (QED) is 0.120. The Bertz CT molecular complexity index is 1960. The van der Waals surface area contributed by atoms with E-state index in [1.165, 1.54) is 0 Å². The Morgan fingerprint density at radius 1 is 0.787 bits per heavy atom. The highest BCUT2D eigenvalue weighted by molar-refractivity contribution is 8.00. The zero-order valence-electron chi connectivity index (χ0n) is 23.8. The minimum atomic E-state index is -5.04. The number of halogens is 6. The molecule has 0 saturated carbocycles. The van der Waals surface area contributed by atoms with E-state index in [0.717, 1.165) is 37.4 Å². The number of alkyl halides is 6. The fraction of sp³-hybridized carbons (Fsp3) is 0.125. The normalized spacial score (nSPS) is 12.0. The van der Waals surface area contributed by atoms with Gasteiger partial charge in [0, 0.05) is 22.7 Å². The van der Waals surface area contributed by atoms with Crippen LogP contribution in [0.2, 0.25) is 0 Å². The van der Waals surface area contributed by atoms with Gasteiger partial charge in [-0.25, -0.2) is 4.98 Å². The summed E-state index contributed by atoms with van der Waals surface area (Å²) in [4.78, 5) is 17.4. The summed E-state index contributed by atoms with van der Waals surface area (Å²) in [6.45, 7) is 0. The number of carbonyl (C=O) groups excluding carboxylic acids is 1. The molecule has 0 unspecified atom stereocenters. The van der Waals surface area contributed by atoms with E-state index in [4.69, 9.17) is 0 Å². The molecule has 1 N–H and O–H groups in total. The van der Waals surface area contributed by atoms with Gasteiger partial charge in [0.05, 0.1) is 27.1 Å². The summed E-state index contributed by atoms with van der Waals surface area (Å²) in [7, 11) is 0. The van der Waals surface area contributed by atoms with Gasteiger partial charge < -0.3 is 5.32 Å². The number of anilines is 1. The maximum absolute atomic E-state index is 13.3. The van der Waals surface area contributed by atoms with Gasteiger partial charge >= 0.3 is 12.4 Å². The second kappa shape index (κ2) is 13.4. The van der Waals surface area contributed by atoms with Gasteiger partial charge in [0.1, 0.15) is 0 Å². The molecule has 0 spiro atoms. The van der Waals surface area contributed by atoms with Gasteiger partial charge in [-0.1, -0.05) is 78.1 Å². The van der Waals surface area contributed by atoms with Crippen molar-refractivity contribution in [3.8, 4) is 17.1 Å². The van der Waals surface area contributed by atoms with Crippen molar-refractivity contribution in [2.24, 2.45) is 0 Å². The Morgan fingerprint density at radius 3 is 2.11 bits per heavy atom. The molecular weight excluding hydrogens is 681 g/mol. The molecule has 2 heterocycles. The number of thioether (sulfide) groups is 2. The number of fused-ring (bicyclic) bond motifs is 1. The Balaban J connectivity index is 1.18. The lowest BCUT2D eigenvalue weighted by atomic mass is 10.1. The van der Waals surface area contributed by atoms with Crippen LogP contribution in [0, 0.1) is 0 Å². The van der Waals surface area contributed by atoms with Crippen molar-refractivity contribution in [1.29, 1.82) is 0 Å². The molecule has 0 radical (unpaired) electrons. The lowest BCUT2D eigenvalue weighted by Gasteiger charge is -2.15. The van der Waals surface area contributed by atoms with Gasteiger partial charge in [-0.3, -0.25) is 9.36 Å². The topological polar surface area (TPSA) is 72.7 Å². The molecule has 6 nitrogen and oxygen atoms in total. The molecular formula is C32H21F6N5OS3. The number of amides is 1. The first-order valence-electron chi connectivity index (χ1n) is 13.7. The molecule has 0 saturated heterocycles. The molecule has 0 bridgehead atoms. The molecule has 1 amide bonds. The third-order valence-electron chi connectivity index (χ3n) is 6.70. The van der Waals surface area contributed by atoms with E-state index in [0.29, 0.717) is 34.6 Å². The summed E-state index contributed by atoms with van der Waals surface area (Å²) in [5, 5.41) is 11.0.